The minimum atomic E-state index is -4.44. The first kappa shape index (κ1) is 17.5. The second-order valence-electron chi connectivity index (χ2n) is 4.18. The fourth-order valence-electron chi connectivity index (χ4n) is 0.824. The minimum absolute atomic E-state index is 0.0246. The van der Waals surface area contributed by atoms with Crippen molar-refractivity contribution in [2.45, 2.75) is 13.8 Å². The van der Waals surface area contributed by atoms with Crippen LogP contribution in [0.15, 0.2) is 0 Å². The molecule has 9 heteroatoms. The van der Waals surface area contributed by atoms with E-state index in [9.17, 15) is 9.36 Å². The Hall–Kier alpha value is -0.500. The lowest BCUT2D eigenvalue weighted by atomic mass is 9.95. The SMILES string of the molecule is CC(C)(COCCOCCOP(=O)(O)O)C(=O)O. The third-order valence-corrected chi connectivity index (χ3v) is 2.42. The van der Waals surface area contributed by atoms with E-state index in [-0.39, 0.29) is 33.0 Å². The molecule has 0 aromatic carbocycles. The molecule has 0 aliphatic rings. The normalized spacial score (nSPS) is 12.7. The lowest BCUT2D eigenvalue weighted by molar-refractivity contribution is -0.150. The summed E-state index contributed by atoms with van der Waals surface area (Å²) in [5, 5.41) is 8.79. The van der Waals surface area contributed by atoms with E-state index < -0.39 is 19.2 Å². The molecule has 0 heterocycles. The average Bonchev–Trinajstić information content (AvgIpc) is 2.20. The monoisotopic (exact) mass is 286 g/mol. The summed E-state index contributed by atoms with van der Waals surface area (Å²) in [4.78, 5) is 27.4. The summed E-state index contributed by atoms with van der Waals surface area (Å²) in [5.74, 6) is -0.946. The number of phosphoric acid groups is 1. The van der Waals surface area contributed by atoms with E-state index in [4.69, 9.17) is 24.4 Å². The van der Waals surface area contributed by atoms with Crippen LogP contribution in [0, 0.1) is 5.41 Å². The molecule has 0 aliphatic heterocycles. The highest BCUT2D eigenvalue weighted by Gasteiger charge is 2.27. The average molecular weight is 286 g/mol. The Kier molecular flexibility index (Phi) is 7.61. The number of hydrogen-bond donors (Lipinski definition) is 3. The summed E-state index contributed by atoms with van der Waals surface area (Å²) in [7, 11) is -4.44. The molecule has 0 saturated carbocycles. The number of carboxylic acids is 1. The largest absolute Gasteiger partial charge is 0.481 e. The highest BCUT2D eigenvalue weighted by atomic mass is 31.2. The van der Waals surface area contributed by atoms with Crippen LogP contribution >= 0.6 is 7.82 Å². The Balaban J connectivity index is 3.42. The smallest absolute Gasteiger partial charge is 0.469 e. The second kappa shape index (κ2) is 7.83. The van der Waals surface area contributed by atoms with Crippen molar-refractivity contribution in [3.8, 4) is 0 Å². The van der Waals surface area contributed by atoms with Gasteiger partial charge in [-0.15, -0.1) is 0 Å². The van der Waals surface area contributed by atoms with Crippen LogP contribution in [-0.4, -0.2) is 53.9 Å². The molecular formula is C9H19O8P. The Bertz CT molecular complexity index is 297. The topological polar surface area (TPSA) is 123 Å². The molecule has 3 N–H and O–H groups in total. The molecule has 0 spiro atoms. The van der Waals surface area contributed by atoms with Crippen LogP contribution in [0.25, 0.3) is 0 Å². The van der Waals surface area contributed by atoms with Gasteiger partial charge in [-0.1, -0.05) is 0 Å². The van der Waals surface area contributed by atoms with E-state index in [1.165, 1.54) is 0 Å². The lowest BCUT2D eigenvalue weighted by Crippen LogP contribution is -2.29. The summed E-state index contributed by atoms with van der Waals surface area (Å²) in [6, 6.07) is 0. The molecule has 0 radical (unpaired) electrons. The Morgan fingerprint density at radius 3 is 2.11 bits per heavy atom. The molecule has 0 amide bonds. The zero-order valence-corrected chi connectivity index (χ0v) is 11.3. The number of hydrogen-bond acceptors (Lipinski definition) is 5. The molecule has 0 atom stereocenters. The first-order chi connectivity index (χ1) is 8.15. The van der Waals surface area contributed by atoms with Crippen LogP contribution in [0.5, 0.6) is 0 Å². The van der Waals surface area contributed by atoms with Crippen molar-refractivity contribution in [1.29, 1.82) is 0 Å². The molecule has 0 aromatic heterocycles. The molecule has 18 heavy (non-hydrogen) atoms. The van der Waals surface area contributed by atoms with Gasteiger partial charge in [0.2, 0.25) is 0 Å². The maximum absolute atomic E-state index is 10.7. The number of rotatable bonds is 10. The summed E-state index contributed by atoms with van der Waals surface area (Å²) in [5.41, 5.74) is -0.955. The van der Waals surface area contributed by atoms with Crippen molar-refractivity contribution in [2.75, 3.05) is 33.0 Å². The van der Waals surface area contributed by atoms with Crippen molar-refractivity contribution in [3.63, 3.8) is 0 Å². The molecule has 0 saturated heterocycles. The molecule has 0 rings (SSSR count). The van der Waals surface area contributed by atoms with Crippen LogP contribution in [0.1, 0.15) is 13.8 Å². The van der Waals surface area contributed by atoms with Crippen molar-refractivity contribution < 1.29 is 38.3 Å². The molecule has 0 fully saturated rings. The first-order valence-corrected chi connectivity index (χ1v) is 6.77. The summed E-state index contributed by atoms with van der Waals surface area (Å²) >= 11 is 0. The molecule has 0 unspecified atom stereocenters. The minimum Gasteiger partial charge on any atom is -0.481 e. The van der Waals surface area contributed by atoms with E-state index >= 15 is 0 Å². The van der Waals surface area contributed by atoms with Gasteiger partial charge in [0, 0.05) is 0 Å². The summed E-state index contributed by atoms with van der Waals surface area (Å²) < 4.78 is 24.5. The van der Waals surface area contributed by atoms with E-state index in [0.29, 0.717) is 0 Å². The first-order valence-electron chi connectivity index (χ1n) is 5.24. The number of carboxylic acid groups (broad SMARTS) is 1. The van der Waals surface area contributed by atoms with Gasteiger partial charge < -0.3 is 24.4 Å². The van der Waals surface area contributed by atoms with Crippen LogP contribution in [0.3, 0.4) is 0 Å². The van der Waals surface area contributed by atoms with Crippen LogP contribution in [0.2, 0.25) is 0 Å². The molecule has 8 nitrogen and oxygen atoms in total. The molecule has 0 bridgehead atoms. The molecular weight excluding hydrogens is 267 g/mol. The molecule has 0 aliphatic carbocycles. The third-order valence-electron chi connectivity index (χ3n) is 1.90. The zero-order chi connectivity index (χ0) is 14.2. The maximum Gasteiger partial charge on any atom is 0.469 e. The van der Waals surface area contributed by atoms with Crippen molar-refractivity contribution in [2.24, 2.45) is 5.41 Å². The Labute approximate surface area is 105 Å². The van der Waals surface area contributed by atoms with Gasteiger partial charge in [-0.2, -0.15) is 0 Å². The number of ether oxygens (including phenoxy) is 2. The highest BCUT2D eigenvalue weighted by molar-refractivity contribution is 7.46. The predicted octanol–water partition coefficient (Wildman–Crippen LogP) is 0.240. The van der Waals surface area contributed by atoms with Gasteiger partial charge in [0.1, 0.15) is 0 Å². The number of aliphatic carboxylic acids is 1. The lowest BCUT2D eigenvalue weighted by Gasteiger charge is -2.18. The van der Waals surface area contributed by atoms with Crippen LogP contribution in [-0.2, 0) is 23.4 Å². The van der Waals surface area contributed by atoms with Gasteiger partial charge in [-0.05, 0) is 13.8 Å². The standard InChI is InChI=1S/C9H19O8P/c1-9(2,8(10)11)7-16-4-3-15-5-6-17-18(12,13)14/h3-7H2,1-2H3,(H,10,11)(H2,12,13,14). The van der Waals surface area contributed by atoms with Crippen LogP contribution < -0.4 is 0 Å². The van der Waals surface area contributed by atoms with E-state index in [0.717, 1.165) is 0 Å². The summed E-state index contributed by atoms with van der Waals surface area (Å²) in [6.45, 7) is 3.35. The fourth-order valence-corrected chi connectivity index (χ4v) is 1.14. The molecule has 0 aromatic rings. The van der Waals surface area contributed by atoms with E-state index in [1.807, 2.05) is 0 Å². The van der Waals surface area contributed by atoms with Gasteiger partial charge >= 0.3 is 13.8 Å². The Morgan fingerprint density at radius 2 is 1.61 bits per heavy atom. The van der Waals surface area contributed by atoms with Crippen molar-refractivity contribution in [3.05, 3.63) is 0 Å². The third kappa shape index (κ3) is 9.52. The fraction of sp³-hybridized carbons (Fsp3) is 0.889. The van der Waals surface area contributed by atoms with Gasteiger partial charge in [0.15, 0.2) is 0 Å². The van der Waals surface area contributed by atoms with E-state index in [2.05, 4.69) is 4.52 Å². The molecule has 108 valence electrons. The van der Waals surface area contributed by atoms with Gasteiger partial charge in [-0.25, -0.2) is 4.57 Å². The van der Waals surface area contributed by atoms with Crippen LogP contribution in [0.4, 0.5) is 0 Å². The zero-order valence-electron chi connectivity index (χ0n) is 10.4. The summed E-state index contributed by atoms with van der Waals surface area (Å²) in [6.07, 6.45) is 0. The van der Waals surface area contributed by atoms with Gasteiger partial charge in [0.25, 0.3) is 0 Å². The van der Waals surface area contributed by atoms with E-state index in [1.54, 1.807) is 13.8 Å². The van der Waals surface area contributed by atoms with Gasteiger partial charge in [-0.3, -0.25) is 9.32 Å². The van der Waals surface area contributed by atoms with Gasteiger partial charge in [0.05, 0.1) is 38.4 Å². The maximum atomic E-state index is 10.7. The number of carbonyl (C=O) groups is 1. The van der Waals surface area contributed by atoms with Crippen molar-refractivity contribution in [1.82, 2.24) is 0 Å². The number of phosphoric ester groups is 1. The highest BCUT2D eigenvalue weighted by Crippen LogP contribution is 2.35. The quantitative estimate of drug-likeness (QED) is 0.385. The Morgan fingerprint density at radius 1 is 1.11 bits per heavy atom. The second-order valence-corrected chi connectivity index (χ2v) is 5.42. The van der Waals surface area contributed by atoms with Crippen molar-refractivity contribution >= 4 is 13.8 Å². The predicted molar refractivity (Wildman–Crippen MR) is 61.1 cm³/mol.